The lowest BCUT2D eigenvalue weighted by atomic mass is 10.2. The van der Waals surface area contributed by atoms with Crippen LogP contribution in [0.15, 0.2) is 64.1 Å². The number of benzene rings is 3. The van der Waals surface area contributed by atoms with Gasteiger partial charge in [0.15, 0.2) is 11.5 Å². The van der Waals surface area contributed by atoms with Crippen molar-refractivity contribution >= 4 is 39.4 Å². The minimum atomic E-state index is -0.296. The zero-order valence-electron chi connectivity index (χ0n) is 15.4. The van der Waals surface area contributed by atoms with Gasteiger partial charge in [0, 0.05) is 11.2 Å². The van der Waals surface area contributed by atoms with Crippen LogP contribution in [0.1, 0.15) is 16.7 Å². The Bertz CT molecular complexity index is 1020. The molecule has 144 valence electrons. The Morgan fingerprint density at radius 3 is 2.71 bits per heavy atom. The van der Waals surface area contributed by atoms with E-state index in [1.165, 1.54) is 12.1 Å². The van der Waals surface area contributed by atoms with Gasteiger partial charge < -0.3 is 9.47 Å². The molecular weight excluding hydrogens is 445 g/mol. The van der Waals surface area contributed by atoms with Crippen LogP contribution in [0.2, 0.25) is 5.02 Å². The monoisotopic (exact) mass is 461 g/mol. The van der Waals surface area contributed by atoms with E-state index in [1.54, 1.807) is 25.5 Å². The van der Waals surface area contributed by atoms with E-state index in [1.807, 2.05) is 37.3 Å². The Kier molecular flexibility index (Phi) is 6.70. The smallest absolute Gasteiger partial charge is 0.175 e. The van der Waals surface area contributed by atoms with Crippen molar-refractivity contribution in [3.8, 4) is 11.5 Å². The number of halogens is 3. The van der Waals surface area contributed by atoms with Crippen LogP contribution in [-0.2, 0) is 6.61 Å². The van der Waals surface area contributed by atoms with Crippen molar-refractivity contribution in [2.75, 3.05) is 7.11 Å². The van der Waals surface area contributed by atoms with E-state index in [0.29, 0.717) is 21.0 Å². The Hall–Kier alpha value is -2.37. The van der Waals surface area contributed by atoms with Crippen LogP contribution in [0.5, 0.6) is 11.5 Å². The number of aliphatic imine (C=N–C) groups is 1. The van der Waals surface area contributed by atoms with Crippen LogP contribution in [-0.4, -0.2) is 13.3 Å². The normalized spacial score (nSPS) is 11.0. The second-order valence-corrected chi connectivity index (χ2v) is 7.43. The summed E-state index contributed by atoms with van der Waals surface area (Å²) in [5.74, 6) is 0.799. The van der Waals surface area contributed by atoms with Gasteiger partial charge in [0.1, 0.15) is 12.4 Å². The highest BCUT2D eigenvalue weighted by atomic mass is 79.9. The van der Waals surface area contributed by atoms with Crippen molar-refractivity contribution in [2.24, 2.45) is 4.99 Å². The third kappa shape index (κ3) is 5.12. The molecule has 6 heteroatoms. The summed E-state index contributed by atoms with van der Waals surface area (Å²) < 4.78 is 25.4. The minimum absolute atomic E-state index is 0.224. The van der Waals surface area contributed by atoms with Crippen molar-refractivity contribution in [1.82, 2.24) is 0 Å². The summed E-state index contributed by atoms with van der Waals surface area (Å²) in [4.78, 5) is 4.52. The summed E-state index contributed by atoms with van der Waals surface area (Å²) in [5.41, 5.74) is 3.40. The van der Waals surface area contributed by atoms with Crippen LogP contribution in [0.3, 0.4) is 0 Å². The second-order valence-electron chi connectivity index (χ2n) is 6.14. The first-order valence-corrected chi connectivity index (χ1v) is 9.68. The fourth-order valence-corrected chi connectivity index (χ4v) is 3.34. The van der Waals surface area contributed by atoms with Gasteiger partial charge in [0.05, 0.1) is 17.3 Å². The Morgan fingerprint density at radius 1 is 1.14 bits per heavy atom. The fraction of sp³-hybridized carbons (Fsp3) is 0.136. The zero-order valence-corrected chi connectivity index (χ0v) is 17.7. The fourth-order valence-electron chi connectivity index (χ4n) is 2.60. The molecule has 0 unspecified atom stereocenters. The summed E-state index contributed by atoms with van der Waals surface area (Å²) in [7, 11) is 1.57. The maximum atomic E-state index is 13.3. The van der Waals surface area contributed by atoms with Crippen LogP contribution in [0.4, 0.5) is 10.1 Å². The average molecular weight is 463 g/mol. The van der Waals surface area contributed by atoms with Gasteiger partial charge in [-0.1, -0.05) is 29.8 Å². The summed E-state index contributed by atoms with van der Waals surface area (Å²) in [6.07, 6.45) is 1.74. The Labute approximate surface area is 176 Å². The molecule has 0 aromatic heterocycles. The summed E-state index contributed by atoms with van der Waals surface area (Å²) in [5, 5.41) is 0.637. The SMILES string of the molecule is COc1cc(C=Nc2cc(Cl)ccc2C)cc(Br)c1OCc1cccc(F)c1. The molecule has 3 aromatic rings. The molecule has 0 heterocycles. The van der Waals surface area contributed by atoms with Gasteiger partial charge >= 0.3 is 0 Å². The molecule has 0 aliphatic rings. The molecule has 0 amide bonds. The van der Waals surface area contributed by atoms with Gasteiger partial charge in [0.2, 0.25) is 0 Å². The molecule has 3 aromatic carbocycles. The molecule has 0 N–H and O–H groups in total. The molecule has 0 spiro atoms. The largest absolute Gasteiger partial charge is 0.493 e. The first-order valence-electron chi connectivity index (χ1n) is 8.51. The van der Waals surface area contributed by atoms with Crippen molar-refractivity contribution in [2.45, 2.75) is 13.5 Å². The molecule has 3 nitrogen and oxygen atoms in total. The first-order chi connectivity index (χ1) is 13.5. The third-order valence-corrected chi connectivity index (χ3v) is 4.87. The van der Waals surface area contributed by atoms with Gasteiger partial charge in [-0.05, 0) is 75.9 Å². The van der Waals surface area contributed by atoms with Crippen LogP contribution < -0.4 is 9.47 Å². The molecule has 0 saturated carbocycles. The molecule has 0 fully saturated rings. The standard InChI is InChI=1S/C22H18BrClFNO2/c1-14-6-7-17(24)11-20(14)26-12-16-9-19(23)22(21(10-16)27-2)28-13-15-4-3-5-18(25)8-15/h3-12H,13H2,1-2H3. The highest BCUT2D eigenvalue weighted by molar-refractivity contribution is 9.10. The molecule has 0 aliphatic heterocycles. The number of aryl methyl sites for hydroxylation is 1. The van der Waals surface area contributed by atoms with E-state index in [9.17, 15) is 4.39 Å². The highest BCUT2D eigenvalue weighted by Gasteiger charge is 2.12. The lowest BCUT2D eigenvalue weighted by Crippen LogP contribution is -2.00. The maximum Gasteiger partial charge on any atom is 0.175 e. The predicted molar refractivity (Wildman–Crippen MR) is 115 cm³/mol. The lowest BCUT2D eigenvalue weighted by molar-refractivity contribution is 0.282. The topological polar surface area (TPSA) is 30.8 Å². The van der Waals surface area contributed by atoms with E-state index < -0.39 is 0 Å². The summed E-state index contributed by atoms with van der Waals surface area (Å²) in [6, 6.07) is 15.6. The highest BCUT2D eigenvalue weighted by Crippen LogP contribution is 2.37. The molecule has 28 heavy (non-hydrogen) atoms. The number of hydrogen-bond acceptors (Lipinski definition) is 3. The van der Waals surface area contributed by atoms with Crippen molar-refractivity contribution < 1.29 is 13.9 Å². The van der Waals surface area contributed by atoms with E-state index in [4.69, 9.17) is 21.1 Å². The number of methoxy groups -OCH3 is 1. The van der Waals surface area contributed by atoms with Gasteiger partial charge in [-0.2, -0.15) is 0 Å². The van der Waals surface area contributed by atoms with Gasteiger partial charge in [-0.25, -0.2) is 4.39 Å². The van der Waals surface area contributed by atoms with Crippen LogP contribution in [0, 0.1) is 12.7 Å². The van der Waals surface area contributed by atoms with E-state index in [-0.39, 0.29) is 12.4 Å². The van der Waals surface area contributed by atoms with Gasteiger partial charge in [-0.15, -0.1) is 0 Å². The van der Waals surface area contributed by atoms with Gasteiger partial charge in [-0.3, -0.25) is 4.99 Å². The number of hydrogen-bond donors (Lipinski definition) is 0. The Balaban J connectivity index is 1.83. The lowest BCUT2D eigenvalue weighted by Gasteiger charge is -2.13. The zero-order chi connectivity index (χ0) is 20.1. The minimum Gasteiger partial charge on any atom is -0.493 e. The number of ether oxygens (including phenoxy) is 2. The molecule has 0 radical (unpaired) electrons. The average Bonchev–Trinajstić information content (AvgIpc) is 2.67. The Morgan fingerprint density at radius 2 is 1.96 bits per heavy atom. The predicted octanol–water partition coefficient (Wildman–Crippen LogP) is 6.89. The molecule has 0 bridgehead atoms. The van der Waals surface area contributed by atoms with Crippen LogP contribution in [0.25, 0.3) is 0 Å². The van der Waals surface area contributed by atoms with Crippen LogP contribution >= 0.6 is 27.5 Å². The maximum absolute atomic E-state index is 13.3. The number of nitrogens with zero attached hydrogens (tertiary/aromatic N) is 1. The molecule has 0 saturated heterocycles. The van der Waals surface area contributed by atoms with Crippen molar-refractivity contribution in [3.63, 3.8) is 0 Å². The van der Waals surface area contributed by atoms with E-state index in [0.717, 1.165) is 22.4 Å². The van der Waals surface area contributed by atoms with Gasteiger partial charge in [0.25, 0.3) is 0 Å². The van der Waals surface area contributed by atoms with Crippen molar-refractivity contribution in [3.05, 3.63) is 86.6 Å². The summed E-state index contributed by atoms with van der Waals surface area (Å²) in [6.45, 7) is 2.20. The third-order valence-electron chi connectivity index (χ3n) is 4.05. The number of rotatable bonds is 6. The molecule has 3 rings (SSSR count). The molecule has 0 atom stereocenters. The quantitative estimate of drug-likeness (QED) is 0.374. The molecular formula is C22H18BrClFNO2. The first kappa shape index (κ1) is 20.4. The summed E-state index contributed by atoms with van der Waals surface area (Å²) >= 11 is 9.56. The molecule has 0 aliphatic carbocycles. The van der Waals surface area contributed by atoms with E-state index >= 15 is 0 Å². The van der Waals surface area contributed by atoms with Crippen molar-refractivity contribution in [1.29, 1.82) is 0 Å². The van der Waals surface area contributed by atoms with E-state index in [2.05, 4.69) is 20.9 Å². The second kappa shape index (κ2) is 9.22.